The number of hydrogen-bond donors (Lipinski definition) is 1. The van der Waals surface area contributed by atoms with E-state index in [1.807, 2.05) is 12.1 Å². The first-order valence-corrected chi connectivity index (χ1v) is 10.6. The highest BCUT2D eigenvalue weighted by atomic mass is 35.5. The number of ketones is 1. The number of ether oxygens (including phenoxy) is 1. The van der Waals surface area contributed by atoms with Crippen LogP contribution >= 0.6 is 11.6 Å². The number of nitrogens with zero attached hydrogens (tertiary/aromatic N) is 1. The lowest BCUT2D eigenvalue weighted by Crippen LogP contribution is -2.30. The number of Topliss-reactive ketones (excluding diaryl/α,β-unsaturated/α-hetero) is 1. The molecule has 0 fully saturated rings. The van der Waals surface area contributed by atoms with Crippen LogP contribution in [0.15, 0.2) is 47.5 Å². The van der Waals surface area contributed by atoms with Crippen LogP contribution in [-0.4, -0.2) is 35.9 Å². The summed E-state index contributed by atoms with van der Waals surface area (Å²) >= 11 is 5.62. The number of carbonyl (C=O) groups is 2. The van der Waals surface area contributed by atoms with Crippen molar-refractivity contribution >= 4 is 34.7 Å². The number of hydrogen-bond acceptors (Lipinski definition) is 4. The maximum Gasteiger partial charge on any atom is 0.224 e. The van der Waals surface area contributed by atoms with E-state index in [9.17, 15) is 9.59 Å². The van der Waals surface area contributed by atoms with Gasteiger partial charge in [0.1, 0.15) is 5.75 Å². The van der Waals surface area contributed by atoms with Crippen molar-refractivity contribution in [3.05, 3.63) is 59.2 Å². The lowest BCUT2D eigenvalue weighted by molar-refractivity contribution is -0.116. The number of aliphatic imine (C=N–C) groups is 1. The second-order valence-corrected chi connectivity index (χ2v) is 8.47. The third-order valence-electron chi connectivity index (χ3n) is 5.04. The Morgan fingerprint density at radius 1 is 1.17 bits per heavy atom. The summed E-state index contributed by atoms with van der Waals surface area (Å²) in [6, 6.07) is 12.9. The summed E-state index contributed by atoms with van der Waals surface area (Å²) in [7, 11) is 1.63. The van der Waals surface area contributed by atoms with Crippen molar-refractivity contribution in [3.8, 4) is 5.75 Å². The fourth-order valence-corrected chi connectivity index (χ4v) is 3.75. The normalized spacial score (nSPS) is 14.5. The van der Waals surface area contributed by atoms with Crippen LogP contribution in [0.5, 0.6) is 5.75 Å². The maximum absolute atomic E-state index is 12.9. The molecule has 158 valence electrons. The molecule has 0 aromatic heterocycles. The number of amides is 1. The molecule has 6 heteroatoms. The van der Waals surface area contributed by atoms with E-state index in [0.717, 1.165) is 23.4 Å². The largest absolute Gasteiger partial charge is 0.497 e. The van der Waals surface area contributed by atoms with Crippen LogP contribution in [0, 0.1) is 0 Å². The summed E-state index contributed by atoms with van der Waals surface area (Å²) in [5.74, 6) is 1.11. The molecule has 1 aliphatic heterocycles. The number of methoxy groups -OCH3 is 1. The number of fused-ring (bicyclic) bond motifs is 1. The van der Waals surface area contributed by atoms with Crippen LogP contribution in [0.4, 0.5) is 5.69 Å². The number of rotatable bonds is 8. The lowest BCUT2D eigenvalue weighted by Gasteiger charge is -2.29. The van der Waals surface area contributed by atoms with Crippen molar-refractivity contribution in [3.63, 3.8) is 0 Å². The molecular formula is C24H27ClN2O3. The molecular weight excluding hydrogens is 400 g/mol. The average molecular weight is 427 g/mol. The Labute approximate surface area is 182 Å². The van der Waals surface area contributed by atoms with Gasteiger partial charge in [0.15, 0.2) is 5.78 Å². The number of alkyl halides is 1. The first kappa shape index (κ1) is 22.0. The van der Waals surface area contributed by atoms with Crippen molar-refractivity contribution in [2.24, 2.45) is 4.99 Å². The Kier molecular flexibility index (Phi) is 6.93. The minimum atomic E-state index is -0.256. The van der Waals surface area contributed by atoms with E-state index in [1.165, 1.54) is 5.56 Å². The summed E-state index contributed by atoms with van der Waals surface area (Å²) in [6.07, 6.45) is 2.05. The van der Waals surface area contributed by atoms with E-state index in [0.29, 0.717) is 30.0 Å². The molecule has 3 rings (SSSR count). The molecule has 1 aliphatic rings. The summed E-state index contributed by atoms with van der Waals surface area (Å²) in [6.45, 7) is 4.15. The number of carbonyl (C=O) groups excluding carboxylic acids is 2. The smallest absolute Gasteiger partial charge is 0.224 e. The Morgan fingerprint density at radius 2 is 1.90 bits per heavy atom. The number of nitrogens with one attached hydrogen (secondary N) is 1. The molecule has 0 unspecified atom stereocenters. The van der Waals surface area contributed by atoms with E-state index >= 15 is 0 Å². The molecule has 30 heavy (non-hydrogen) atoms. The monoisotopic (exact) mass is 426 g/mol. The summed E-state index contributed by atoms with van der Waals surface area (Å²) in [5, 5.41) is 2.81. The molecule has 1 heterocycles. The van der Waals surface area contributed by atoms with Gasteiger partial charge in [0.25, 0.3) is 0 Å². The van der Waals surface area contributed by atoms with Gasteiger partial charge in [-0.15, -0.1) is 11.6 Å². The standard InChI is InChI=1S/C24H27ClN2O3/c1-24(2)15-17-8-11-19(30-3)13-20(17)21(27-24)14-22(28)16-6-9-18(10-7-16)26-23(29)5-4-12-25/h6-11,13H,4-5,12,14-15H2,1-3H3,(H,26,29). The van der Waals surface area contributed by atoms with Gasteiger partial charge in [-0.3, -0.25) is 14.6 Å². The fourth-order valence-electron chi connectivity index (χ4n) is 3.62. The van der Waals surface area contributed by atoms with Gasteiger partial charge in [0.05, 0.1) is 24.8 Å². The van der Waals surface area contributed by atoms with Crippen LogP contribution in [0.2, 0.25) is 0 Å². The topological polar surface area (TPSA) is 67.8 Å². The first-order chi connectivity index (χ1) is 14.3. The second-order valence-electron chi connectivity index (χ2n) is 8.09. The summed E-state index contributed by atoms with van der Waals surface area (Å²) in [5.41, 5.74) is 3.93. The summed E-state index contributed by atoms with van der Waals surface area (Å²) in [4.78, 5) is 29.6. The molecule has 0 spiro atoms. The Hall–Kier alpha value is -2.66. The maximum atomic E-state index is 12.9. The predicted octanol–water partition coefficient (Wildman–Crippen LogP) is 5.05. The zero-order chi connectivity index (χ0) is 21.7. The van der Waals surface area contributed by atoms with Crippen molar-refractivity contribution in [2.75, 3.05) is 18.3 Å². The van der Waals surface area contributed by atoms with Gasteiger partial charge >= 0.3 is 0 Å². The van der Waals surface area contributed by atoms with E-state index in [-0.39, 0.29) is 23.7 Å². The molecule has 0 radical (unpaired) electrons. The highest BCUT2D eigenvalue weighted by molar-refractivity contribution is 6.18. The minimum Gasteiger partial charge on any atom is -0.497 e. The third kappa shape index (κ3) is 5.48. The molecule has 0 bridgehead atoms. The van der Waals surface area contributed by atoms with Crippen molar-refractivity contribution in [1.29, 1.82) is 0 Å². The summed E-state index contributed by atoms with van der Waals surface area (Å²) < 4.78 is 5.36. The molecule has 2 aromatic carbocycles. The van der Waals surface area contributed by atoms with Crippen molar-refractivity contribution < 1.29 is 14.3 Å². The van der Waals surface area contributed by atoms with Crippen LogP contribution < -0.4 is 10.1 Å². The fraction of sp³-hybridized carbons (Fsp3) is 0.375. The molecule has 0 saturated carbocycles. The number of halogens is 1. The van der Waals surface area contributed by atoms with Crippen LogP contribution in [0.25, 0.3) is 0 Å². The van der Waals surface area contributed by atoms with E-state index in [1.54, 1.807) is 31.4 Å². The number of anilines is 1. The zero-order valence-electron chi connectivity index (χ0n) is 17.6. The third-order valence-corrected chi connectivity index (χ3v) is 5.31. The van der Waals surface area contributed by atoms with E-state index in [4.69, 9.17) is 21.3 Å². The van der Waals surface area contributed by atoms with E-state index < -0.39 is 0 Å². The molecule has 1 N–H and O–H groups in total. The van der Waals surface area contributed by atoms with Crippen LogP contribution in [-0.2, 0) is 11.2 Å². The van der Waals surface area contributed by atoms with Crippen LogP contribution in [0.1, 0.15) is 54.6 Å². The minimum absolute atomic E-state index is 0.0137. The Balaban J connectivity index is 1.75. The molecule has 2 aromatic rings. The van der Waals surface area contributed by atoms with Gasteiger partial charge in [0, 0.05) is 29.1 Å². The van der Waals surface area contributed by atoms with Gasteiger partial charge in [-0.2, -0.15) is 0 Å². The Morgan fingerprint density at radius 3 is 2.57 bits per heavy atom. The van der Waals surface area contributed by atoms with Crippen LogP contribution in [0.3, 0.4) is 0 Å². The van der Waals surface area contributed by atoms with E-state index in [2.05, 4.69) is 25.2 Å². The van der Waals surface area contributed by atoms with Crippen molar-refractivity contribution in [2.45, 2.75) is 45.1 Å². The molecule has 5 nitrogen and oxygen atoms in total. The molecule has 1 amide bonds. The highest BCUT2D eigenvalue weighted by Crippen LogP contribution is 2.31. The second kappa shape index (κ2) is 9.43. The Bertz CT molecular complexity index is 965. The van der Waals surface area contributed by atoms with Gasteiger partial charge in [0.2, 0.25) is 5.91 Å². The highest BCUT2D eigenvalue weighted by Gasteiger charge is 2.28. The van der Waals surface area contributed by atoms with Crippen molar-refractivity contribution in [1.82, 2.24) is 0 Å². The molecule has 0 saturated heterocycles. The van der Waals surface area contributed by atoms with Gasteiger partial charge in [-0.05, 0) is 68.7 Å². The van der Waals surface area contributed by atoms with Gasteiger partial charge < -0.3 is 10.1 Å². The lowest BCUT2D eigenvalue weighted by atomic mass is 9.85. The molecule has 0 aliphatic carbocycles. The first-order valence-electron chi connectivity index (χ1n) is 10.1. The van der Waals surface area contributed by atoms with Gasteiger partial charge in [-0.1, -0.05) is 6.07 Å². The quantitative estimate of drug-likeness (QED) is 0.474. The zero-order valence-corrected chi connectivity index (χ0v) is 18.4. The average Bonchev–Trinajstić information content (AvgIpc) is 2.71. The predicted molar refractivity (Wildman–Crippen MR) is 121 cm³/mol. The molecule has 0 atom stereocenters. The number of benzene rings is 2. The van der Waals surface area contributed by atoms with Gasteiger partial charge in [-0.25, -0.2) is 0 Å². The SMILES string of the molecule is COc1ccc2c(c1)C(CC(=O)c1ccc(NC(=O)CCCCl)cc1)=NC(C)(C)C2.